The lowest BCUT2D eigenvalue weighted by molar-refractivity contribution is -0.108. The second kappa shape index (κ2) is 12.7. The van der Waals surface area contributed by atoms with Crippen LogP contribution in [0.2, 0.25) is 0 Å². The number of allylic oxidation sites excluding steroid dienone is 3. The van der Waals surface area contributed by atoms with Gasteiger partial charge in [0, 0.05) is 61.3 Å². The molecule has 2 aromatic rings. The fourth-order valence-electron chi connectivity index (χ4n) is 4.86. The van der Waals surface area contributed by atoms with E-state index >= 15 is 0 Å². The van der Waals surface area contributed by atoms with Crippen molar-refractivity contribution < 1.29 is 14.3 Å². The van der Waals surface area contributed by atoms with Crippen molar-refractivity contribution in [1.82, 2.24) is 20.9 Å². The number of nitrogens with zero attached hydrogens (tertiary/aromatic N) is 2. The van der Waals surface area contributed by atoms with Crippen molar-refractivity contribution in [2.24, 2.45) is 0 Å². The molecule has 0 saturated carbocycles. The van der Waals surface area contributed by atoms with Crippen LogP contribution in [0.4, 0.5) is 5.82 Å². The number of carbonyl (C=O) groups is 2. The fourth-order valence-corrected chi connectivity index (χ4v) is 4.86. The second-order valence-electron chi connectivity index (χ2n) is 10.2. The number of piperazine rings is 1. The smallest absolute Gasteiger partial charge is 0.251 e. The van der Waals surface area contributed by atoms with Gasteiger partial charge >= 0.3 is 0 Å². The zero-order valence-electron chi connectivity index (χ0n) is 22.9. The lowest BCUT2D eigenvalue weighted by Crippen LogP contribution is -2.43. The van der Waals surface area contributed by atoms with Crippen molar-refractivity contribution in [3.63, 3.8) is 0 Å². The first-order valence-electron chi connectivity index (χ1n) is 13.4. The zero-order valence-corrected chi connectivity index (χ0v) is 22.9. The largest absolute Gasteiger partial charge is 0.490 e. The summed E-state index contributed by atoms with van der Waals surface area (Å²) in [5.41, 5.74) is 6.29. The molecule has 2 amide bonds. The van der Waals surface area contributed by atoms with Crippen molar-refractivity contribution in [1.29, 1.82) is 0 Å². The van der Waals surface area contributed by atoms with E-state index in [0.717, 1.165) is 90.5 Å². The Morgan fingerprint density at radius 1 is 1.21 bits per heavy atom. The van der Waals surface area contributed by atoms with Gasteiger partial charge in [-0.2, -0.15) is 0 Å². The predicted molar refractivity (Wildman–Crippen MR) is 151 cm³/mol. The highest BCUT2D eigenvalue weighted by Gasteiger charge is 2.22. The molecule has 1 atom stereocenters. The number of carbonyl (C=O) groups excluding carboxylic acids is 2. The molecule has 1 saturated heterocycles. The summed E-state index contributed by atoms with van der Waals surface area (Å²) in [7, 11) is 0. The van der Waals surface area contributed by atoms with Crippen molar-refractivity contribution in [2.45, 2.75) is 53.1 Å². The number of aryl methyl sites for hydroxylation is 1. The van der Waals surface area contributed by atoms with Crippen LogP contribution in [0.5, 0.6) is 5.75 Å². The molecule has 1 aromatic carbocycles. The maximum atomic E-state index is 13.3. The lowest BCUT2D eigenvalue weighted by Gasteiger charge is -2.28. The van der Waals surface area contributed by atoms with Gasteiger partial charge in [0.2, 0.25) is 6.41 Å². The standard InChI is InChI=1S/C30H39N5O3/c1-20(14-22(3)34-19-36)21(2)17-33-30(37)26-15-24-7-5-6-23(4)38-29(24)27(16-26)25-8-9-28(32-18-25)35-12-10-31-11-13-35/h8-9,14-16,18-19,23,31H,5-7,10-13,17H2,1-4H3,(H,33,37)(H,34,36)/b21-20+,22-14-. The van der Waals surface area contributed by atoms with E-state index in [1.165, 1.54) is 0 Å². The van der Waals surface area contributed by atoms with E-state index < -0.39 is 0 Å². The molecule has 0 radical (unpaired) electrons. The average Bonchev–Trinajstić information content (AvgIpc) is 3.12. The minimum absolute atomic E-state index is 0.115. The number of fused-ring (bicyclic) bond motifs is 1. The summed E-state index contributed by atoms with van der Waals surface area (Å²) in [4.78, 5) is 31.0. The zero-order chi connectivity index (χ0) is 27.1. The topological polar surface area (TPSA) is 95.6 Å². The first-order chi connectivity index (χ1) is 18.4. The Kier molecular flexibility index (Phi) is 9.18. The summed E-state index contributed by atoms with van der Waals surface area (Å²) >= 11 is 0. The van der Waals surface area contributed by atoms with Crippen LogP contribution >= 0.6 is 0 Å². The fraction of sp³-hybridized carbons (Fsp3) is 0.433. The minimum atomic E-state index is -0.129. The van der Waals surface area contributed by atoms with Crippen LogP contribution in [0.1, 0.15) is 56.5 Å². The third kappa shape index (κ3) is 6.81. The van der Waals surface area contributed by atoms with Gasteiger partial charge in [-0.05, 0) is 88.4 Å². The van der Waals surface area contributed by atoms with E-state index in [2.05, 4.69) is 39.9 Å². The van der Waals surface area contributed by atoms with E-state index in [-0.39, 0.29) is 12.0 Å². The minimum Gasteiger partial charge on any atom is -0.490 e. The number of aromatic nitrogens is 1. The van der Waals surface area contributed by atoms with Gasteiger partial charge in [-0.15, -0.1) is 0 Å². The Labute approximate surface area is 225 Å². The molecule has 1 aromatic heterocycles. The Morgan fingerprint density at radius 3 is 2.71 bits per heavy atom. The molecule has 38 heavy (non-hydrogen) atoms. The van der Waals surface area contributed by atoms with Gasteiger partial charge < -0.3 is 25.6 Å². The number of rotatable bonds is 8. The first-order valence-corrected chi connectivity index (χ1v) is 13.4. The second-order valence-corrected chi connectivity index (χ2v) is 10.2. The van der Waals surface area contributed by atoms with E-state index in [1.807, 2.05) is 45.2 Å². The van der Waals surface area contributed by atoms with Gasteiger partial charge in [0.05, 0.1) is 6.10 Å². The van der Waals surface area contributed by atoms with E-state index in [9.17, 15) is 9.59 Å². The summed E-state index contributed by atoms with van der Waals surface area (Å²) in [5.74, 6) is 1.70. The molecule has 2 aliphatic rings. The van der Waals surface area contributed by atoms with Crippen LogP contribution < -0.4 is 25.6 Å². The van der Waals surface area contributed by atoms with Crippen molar-refractivity contribution in [3.8, 4) is 16.9 Å². The monoisotopic (exact) mass is 517 g/mol. The van der Waals surface area contributed by atoms with Crippen LogP contribution in [0, 0.1) is 0 Å². The molecule has 0 spiro atoms. The Balaban J connectivity index is 1.60. The molecule has 8 heteroatoms. The predicted octanol–water partition coefficient (Wildman–Crippen LogP) is 3.98. The third-order valence-corrected chi connectivity index (χ3v) is 7.21. The number of hydrogen-bond acceptors (Lipinski definition) is 6. The molecule has 4 rings (SSSR count). The molecular formula is C30H39N5O3. The van der Waals surface area contributed by atoms with Crippen molar-refractivity contribution in [3.05, 3.63) is 64.5 Å². The number of anilines is 1. The van der Waals surface area contributed by atoms with Gasteiger partial charge in [0.25, 0.3) is 5.91 Å². The van der Waals surface area contributed by atoms with Crippen LogP contribution in [0.15, 0.2) is 53.4 Å². The molecular weight excluding hydrogens is 478 g/mol. The number of hydrogen-bond donors (Lipinski definition) is 3. The van der Waals surface area contributed by atoms with Gasteiger partial charge in [0.15, 0.2) is 0 Å². The normalized spacial score (nSPS) is 18.5. The maximum absolute atomic E-state index is 13.3. The van der Waals surface area contributed by atoms with Crippen LogP contribution in [-0.2, 0) is 11.2 Å². The SMILES string of the molecule is C/C(=C/C(C)=C(\C)CNC(=O)c1cc2c(c(-c3ccc(N4CCNCC4)nc3)c1)OC(C)CCC2)NC=O. The van der Waals surface area contributed by atoms with E-state index in [0.29, 0.717) is 18.5 Å². The third-order valence-electron chi connectivity index (χ3n) is 7.21. The number of benzene rings is 1. The summed E-state index contributed by atoms with van der Waals surface area (Å²) in [6.07, 6.45) is 7.42. The molecule has 1 unspecified atom stereocenters. The van der Waals surface area contributed by atoms with Crippen molar-refractivity contribution >= 4 is 18.1 Å². The van der Waals surface area contributed by atoms with Gasteiger partial charge in [0.1, 0.15) is 11.6 Å². The van der Waals surface area contributed by atoms with Crippen LogP contribution in [0.3, 0.4) is 0 Å². The Hall–Kier alpha value is -3.65. The molecule has 202 valence electrons. The van der Waals surface area contributed by atoms with Gasteiger partial charge in [-0.1, -0.05) is 5.57 Å². The highest BCUT2D eigenvalue weighted by molar-refractivity contribution is 5.96. The first kappa shape index (κ1) is 27.4. The molecule has 0 aliphatic carbocycles. The maximum Gasteiger partial charge on any atom is 0.251 e. The van der Waals surface area contributed by atoms with E-state index in [1.54, 1.807) is 0 Å². The lowest BCUT2D eigenvalue weighted by atomic mass is 9.96. The molecule has 8 nitrogen and oxygen atoms in total. The van der Waals surface area contributed by atoms with E-state index in [4.69, 9.17) is 9.72 Å². The Bertz CT molecular complexity index is 1210. The molecule has 2 aliphatic heterocycles. The molecule has 1 fully saturated rings. The number of nitrogens with one attached hydrogen (secondary N) is 3. The summed E-state index contributed by atoms with van der Waals surface area (Å²) in [6, 6.07) is 8.04. The van der Waals surface area contributed by atoms with Gasteiger partial charge in [-0.25, -0.2) is 4.98 Å². The summed E-state index contributed by atoms with van der Waals surface area (Å²) < 4.78 is 6.39. The average molecular weight is 518 g/mol. The van der Waals surface area contributed by atoms with Crippen LogP contribution in [-0.4, -0.2) is 56.1 Å². The Morgan fingerprint density at radius 2 is 2.00 bits per heavy atom. The molecule has 0 bridgehead atoms. The summed E-state index contributed by atoms with van der Waals surface area (Å²) in [6.45, 7) is 12.1. The number of amides is 2. The van der Waals surface area contributed by atoms with Crippen molar-refractivity contribution in [2.75, 3.05) is 37.6 Å². The van der Waals surface area contributed by atoms with Crippen LogP contribution in [0.25, 0.3) is 11.1 Å². The molecule has 3 N–H and O–H groups in total. The molecule has 3 heterocycles. The van der Waals surface area contributed by atoms with Gasteiger partial charge in [-0.3, -0.25) is 9.59 Å². The quantitative estimate of drug-likeness (QED) is 0.362. The summed E-state index contributed by atoms with van der Waals surface area (Å²) in [5, 5.41) is 9.08. The number of pyridine rings is 1. The highest BCUT2D eigenvalue weighted by Crippen LogP contribution is 2.38. The highest BCUT2D eigenvalue weighted by atomic mass is 16.5. The number of ether oxygens (including phenoxy) is 1.